The molecular formula is C42H42N4O3. The van der Waals surface area contributed by atoms with E-state index in [1.54, 1.807) is 0 Å². The van der Waals surface area contributed by atoms with Gasteiger partial charge in [-0.3, -0.25) is 14.5 Å². The van der Waals surface area contributed by atoms with Crippen molar-refractivity contribution in [2.24, 2.45) is 0 Å². The Morgan fingerprint density at radius 2 is 1.16 bits per heavy atom. The van der Waals surface area contributed by atoms with E-state index in [1.165, 1.54) is 0 Å². The van der Waals surface area contributed by atoms with Crippen LogP contribution < -0.4 is 4.74 Å². The molecule has 2 aliphatic rings. The lowest BCUT2D eigenvalue weighted by molar-refractivity contribution is -0.132. The van der Waals surface area contributed by atoms with E-state index in [0.717, 1.165) is 78.4 Å². The number of hydrogen-bond donors (Lipinski definition) is 0. The minimum atomic E-state index is 0.0487. The van der Waals surface area contributed by atoms with Crippen LogP contribution in [0.15, 0.2) is 127 Å². The molecule has 0 unspecified atom stereocenters. The van der Waals surface area contributed by atoms with E-state index in [2.05, 4.69) is 4.90 Å². The first-order valence-electron chi connectivity index (χ1n) is 17.3. The standard InChI is InChI=1S/C42H42N4O3/c47-41(28-32-16-18-38(19-17-32)49-31-33-10-4-1-5-11-33)45-22-20-37(21-23-45)44-24-26-46(27-25-44)42(48)36-29-39(34-12-6-2-7-13-34)43-40(30-36)35-14-8-3-9-15-35/h1-19,29-30,37H,20-28,31H2. The number of ether oxygens (including phenoxy) is 1. The Morgan fingerprint density at radius 3 is 1.73 bits per heavy atom. The molecule has 0 spiro atoms. The van der Waals surface area contributed by atoms with E-state index in [0.29, 0.717) is 37.7 Å². The third-order valence-electron chi connectivity index (χ3n) is 9.67. The maximum absolute atomic E-state index is 13.9. The number of nitrogens with zero attached hydrogens (tertiary/aromatic N) is 4. The molecule has 0 bridgehead atoms. The minimum Gasteiger partial charge on any atom is -0.489 e. The number of hydrogen-bond acceptors (Lipinski definition) is 5. The molecule has 7 rings (SSSR count). The SMILES string of the molecule is O=C(Cc1ccc(OCc2ccccc2)cc1)N1CCC(N2CCN(C(=O)c3cc(-c4ccccc4)nc(-c4ccccc4)c3)CC2)CC1. The van der Waals surface area contributed by atoms with Gasteiger partial charge in [-0.25, -0.2) is 4.98 Å². The molecule has 49 heavy (non-hydrogen) atoms. The van der Waals surface area contributed by atoms with Crippen LogP contribution in [0.5, 0.6) is 5.75 Å². The van der Waals surface area contributed by atoms with Crippen LogP contribution in [0.25, 0.3) is 22.5 Å². The molecule has 4 aromatic carbocycles. The van der Waals surface area contributed by atoms with E-state index in [-0.39, 0.29) is 11.8 Å². The van der Waals surface area contributed by atoms with Gasteiger partial charge in [0.15, 0.2) is 0 Å². The molecular weight excluding hydrogens is 608 g/mol. The first kappa shape index (κ1) is 32.3. The largest absolute Gasteiger partial charge is 0.489 e. The number of carbonyl (C=O) groups is 2. The summed E-state index contributed by atoms with van der Waals surface area (Å²) in [6.07, 6.45) is 2.31. The van der Waals surface area contributed by atoms with Crippen molar-refractivity contribution in [3.05, 3.63) is 144 Å². The van der Waals surface area contributed by atoms with Gasteiger partial charge >= 0.3 is 0 Å². The summed E-state index contributed by atoms with van der Waals surface area (Å²) in [6, 6.07) is 42.3. The molecule has 7 heteroatoms. The lowest BCUT2D eigenvalue weighted by Gasteiger charge is -2.42. The number of carbonyl (C=O) groups excluding carboxylic acids is 2. The van der Waals surface area contributed by atoms with Crippen LogP contribution in [0, 0.1) is 0 Å². The van der Waals surface area contributed by atoms with Gasteiger partial charge in [-0.2, -0.15) is 0 Å². The van der Waals surface area contributed by atoms with Gasteiger partial charge < -0.3 is 14.5 Å². The van der Waals surface area contributed by atoms with Crippen molar-refractivity contribution >= 4 is 11.8 Å². The molecule has 3 heterocycles. The summed E-state index contributed by atoms with van der Waals surface area (Å²) in [7, 11) is 0. The van der Waals surface area contributed by atoms with Crippen molar-refractivity contribution in [3.8, 4) is 28.3 Å². The molecule has 2 aliphatic heterocycles. The summed E-state index contributed by atoms with van der Waals surface area (Å²) < 4.78 is 5.90. The Hall–Kier alpha value is -5.27. The molecule has 2 amide bonds. The zero-order valence-corrected chi connectivity index (χ0v) is 27.8. The first-order chi connectivity index (χ1) is 24.1. The first-order valence-corrected chi connectivity index (χ1v) is 17.3. The van der Waals surface area contributed by atoms with Crippen LogP contribution >= 0.6 is 0 Å². The average molecular weight is 651 g/mol. The zero-order chi connectivity index (χ0) is 33.4. The van der Waals surface area contributed by atoms with Gasteiger partial charge in [0.1, 0.15) is 12.4 Å². The molecule has 0 N–H and O–H groups in total. The van der Waals surface area contributed by atoms with Crippen molar-refractivity contribution in [3.63, 3.8) is 0 Å². The van der Waals surface area contributed by atoms with Gasteiger partial charge in [-0.15, -0.1) is 0 Å². The Bertz CT molecular complexity index is 1770. The average Bonchev–Trinajstić information content (AvgIpc) is 3.18. The second-order valence-corrected chi connectivity index (χ2v) is 12.9. The van der Waals surface area contributed by atoms with E-state index in [1.807, 2.05) is 137 Å². The molecule has 2 saturated heterocycles. The van der Waals surface area contributed by atoms with Gasteiger partial charge in [-0.1, -0.05) is 103 Å². The lowest BCUT2D eigenvalue weighted by Crippen LogP contribution is -2.54. The van der Waals surface area contributed by atoms with Crippen LogP contribution in [0.1, 0.15) is 34.3 Å². The van der Waals surface area contributed by atoms with Crippen LogP contribution in [0.2, 0.25) is 0 Å². The van der Waals surface area contributed by atoms with E-state index < -0.39 is 0 Å². The summed E-state index contributed by atoms with van der Waals surface area (Å²) in [5, 5.41) is 0. The lowest BCUT2D eigenvalue weighted by atomic mass is 10.0. The van der Waals surface area contributed by atoms with Crippen molar-refractivity contribution in [2.45, 2.75) is 31.9 Å². The van der Waals surface area contributed by atoms with E-state index >= 15 is 0 Å². The molecule has 1 aromatic heterocycles. The highest BCUT2D eigenvalue weighted by Gasteiger charge is 2.31. The summed E-state index contributed by atoms with van der Waals surface area (Å²) in [6.45, 7) is 5.11. The quantitative estimate of drug-likeness (QED) is 0.172. The highest BCUT2D eigenvalue weighted by Crippen LogP contribution is 2.27. The van der Waals surface area contributed by atoms with Gasteiger partial charge in [0, 0.05) is 62.0 Å². The number of piperazine rings is 1. The third-order valence-corrected chi connectivity index (χ3v) is 9.67. The van der Waals surface area contributed by atoms with Crippen molar-refractivity contribution < 1.29 is 14.3 Å². The van der Waals surface area contributed by atoms with E-state index in [4.69, 9.17) is 9.72 Å². The maximum Gasteiger partial charge on any atom is 0.254 e. The van der Waals surface area contributed by atoms with Gasteiger partial charge in [-0.05, 0) is 48.2 Å². The van der Waals surface area contributed by atoms with Crippen molar-refractivity contribution in [1.29, 1.82) is 0 Å². The fourth-order valence-electron chi connectivity index (χ4n) is 6.85. The molecule has 7 nitrogen and oxygen atoms in total. The van der Waals surface area contributed by atoms with Gasteiger partial charge in [0.2, 0.25) is 5.91 Å². The number of benzene rings is 4. The second-order valence-electron chi connectivity index (χ2n) is 12.9. The number of aromatic nitrogens is 1. The van der Waals surface area contributed by atoms with Gasteiger partial charge in [0.05, 0.1) is 17.8 Å². The number of rotatable bonds is 9. The Labute approximate surface area is 288 Å². The molecule has 0 atom stereocenters. The monoisotopic (exact) mass is 650 g/mol. The van der Waals surface area contributed by atoms with Crippen LogP contribution in [-0.4, -0.2) is 76.8 Å². The van der Waals surface area contributed by atoms with Gasteiger partial charge in [0.25, 0.3) is 5.91 Å². The highest BCUT2D eigenvalue weighted by atomic mass is 16.5. The topological polar surface area (TPSA) is 66.0 Å². The predicted octanol–water partition coefficient (Wildman–Crippen LogP) is 6.99. The Morgan fingerprint density at radius 1 is 0.612 bits per heavy atom. The highest BCUT2D eigenvalue weighted by molar-refractivity contribution is 5.96. The summed E-state index contributed by atoms with van der Waals surface area (Å²) in [5.41, 5.74) is 6.38. The normalized spacial score (nSPS) is 15.6. The maximum atomic E-state index is 13.9. The fraction of sp³-hybridized carbons (Fsp3) is 0.262. The molecule has 0 saturated carbocycles. The predicted molar refractivity (Wildman–Crippen MR) is 193 cm³/mol. The Balaban J connectivity index is 0.903. The number of likely N-dealkylation sites (tertiary alicyclic amines) is 1. The van der Waals surface area contributed by atoms with Crippen LogP contribution in [0.3, 0.4) is 0 Å². The summed E-state index contributed by atoms with van der Waals surface area (Å²) in [4.78, 5) is 38.4. The fourth-order valence-corrected chi connectivity index (χ4v) is 6.85. The molecule has 2 fully saturated rings. The number of amides is 2. The van der Waals surface area contributed by atoms with Crippen LogP contribution in [0.4, 0.5) is 0 Å². The minimum absolute atomic E-state index is 0.0487. The number of piperidine rings is 1. The van der Waals surface area contributed by atoms with Crippen molar-refractivity contribution in [2.75, 3.05) is 39.3 Å². The Kier molecular flexibility index (Phi) is 10.1. The third kappa shape index (κ3) is 8.07. The molecule has 248 valence electrons. The summed E-state index contributed by atoms with van der Waals surface area (Å²) >= 11 is 0. The number of pyridine rings is 1. The smallest absolute Gasteiger partial charge is 0.254 e. The molecule has 0 radical (unpaired) electrons. The second kappa shape index (κ2) is 15.3. The van der Waals surface area contributed by atoms with Crippen LogP contribution in [-0.2, 0) is 17.8 Å². The summed E-state index contributed by atoms with van der Waals surface area (Å²) in [5.74, 6) is 1.03. The van der Waals surface area contributed by atoms with Crippen molar-refractivity contribution in [1.82, 2.24) is 19.7 Å². The van der Waals surface area contributed by atoms with E-state index in [9.17, 15) is 9.59 Å². The molecule has 0 aliphatic carbocycles. The zero-order valence-electron chi connectivity index (χ0n) is 27.8. The molecule has 5 aromatic rings.